The molecule has 3 heteroatoms. The fraction of sp³-hybridized carbons (Fsp3) is 1.00. The fourth-order valence-corrected chi connectivity index (χ4v) is 3.03. The third-order valence-corrected chi connectivity index (χ3v) is 4.16. The molecule has 0 aromatic carbocycles. The van der Waals surface area contributed by atoms with Crippen LogP contribution in [0.5, 0.6) is 0 Å². The summed E-state index contributed by atoms with van der Waals surface area (Å²) in [7, 11) is 0. The Hall–Kier alpha value is 0.600. The van der Waals surface area contributed by atoms with Gasteiger partial charge >= 0.3 is 0 Å². The van der Waals surface area contributed by atoms with E-state index in [2.05, 4.69) is 37.4 Å². The molecule has 1 heterocycles. The van der Waals surface area contributed by atoms with Gasteiger partial charge in [0, 0.05) is 36.0 Å². The van der Waals surface area contributed by atoms with Crippen molar-refractivity contribution in [1.29, 1.82) is 0 Å². The molecule has 0 spiro atoms. The highest BCUT2D eigenvalue weighted by atomic mass is 35.5. The van der Waals surface area contributed by atoms with Gasteiger partial charge in [0.25, 0.3) is 0 Å². The molecule has 1 fully saturated rings. The molecule has 1 saturated heterocycles. The summed E-state index contributed by atoms with van der Waals surface area (Å²) in [6.45, 7) is 10.5. The van der Waals surface area contributed by atoms with Gasteiger partial charge in [-0.1, -0.05) is 6.92 Å². The third-order valence-electron chi connectivity index (χ3n) is 2.34. The van der Waals surface area contributed by atoms with E-state index in [9.17, 15) is 0 Å². The second kappa shape index (κ2) is 4.90. The molecule has 0 saturated carbocycles. The average Bonchev–Trinajstić information content (AvgIpc) is 2.02. The first-order chi connectivity index (χ1) is 6.03. The van der Waals surface area contributed by atoms with E-state index in [-0.39, 0.29) is 0 Å². The van der Waals surface area contributed by atoms with Crippen molar-refractivity contribution in [3.63, 3.8) is 0 Å². The van der Waals surface area contributed by atoms with Crippen molar-refractivity contribution in [2.45, 2.75) is 25.5 Å². The summed E-state index contributed by atoms with van der Waals surface area (Å²) in [5.74, 6) is 2.67. The minimum absolute atomic E-state index is 0.435. The van der Waals surface area contributed by atoms with Gasteiger partial charge in [0.05, 0.1) is 0 Å². The van der Waals surface area contributed by atoms with E-state index in [4.69, 9.17) is 11.6 Å². The Kier molecular flexibility index (Phi) is 4.40. The normalized spacial score (nSPS) is 25.8. The maximum atomic E-state index is 5.81. The van der Waals surface area contributed by atoms with Crippen LogP contribution in [0, 0.1) is 5.92 Å². The summed E-state index contributed by atoms with van der Waals surface area (Å²) in [4.78, 5) is 2.55. The predicted octanol–water partition coefficient (Wildman–Crippen LogP) is 2.69. The lowest BCUT2D eigenvalue weighted by molar-refractivity contribution is 0.234. The largest absolute Gasteiger partial charge is 0.301 e. The van der Waals surface area contributed by atoms with Crippen molar-refractivity contribution in [3.8, 4) is 0 Å². The van der Waals surface area contributed by atoms with E-state index in [0.717, 1.165) is 12.4 Å². The van der Waals surface area contributed by atoms with Crippen LogP contribution < -0.4 is 0 Å². The van der Waals surface area contributed by atoms with Crippen LogP contribution in [-0.4, -0.2) is 40.9 Å². The van der Waals surface area contributed by atoms with Crippen molar-refractivity contribution in [2.75, 3.05) is 31.3 Å². The Morgan fingerprint density at radius 3 is 2.77 bits per heavy atom. The zero-order valence-corrected chi connectivity index (χ0v) is 10.4. The van der Waals surface area contributed by atoms with Crippen molar-refractivity contribution >= 4 is 23.4 Å². The highest BCUT2D eigenvalue weighted by molar-refractivity contribution is 8.00. The van der Waals surface area contributed by atoms with Gasteiger partial charge in [-0.25, -0.2) is 0 Å². The minimum Gasteiger partial charge on any atom is -0.301 e. The first kappa shape index (κ1) is 11.7. The Morgan fingerprint density at radius 1 is 1.54 bits per heavy atom. The summed E-state index contributed by atoms with van der Waals surface area (Å²) in [6, 6.07) is 0. The lowest BCUT2D eigenvalue weighted by Gasteiger charge is -2.38. The molecule has 0 aliphatic carbocycles. The average molecular weight is 222 g/mol. The molecule has 0 radical (unpaired) electrons. The zero-order valence-electron chi connectivity index (χ0n) is 8.85. The minimum atomic E-state index is 0.435. The molecule has 0 aromatic heterocycles. The lowest BCUT2D eigenvalue weighted by Crippen LogP contribution is -2.44. The van der Waals surface area contributed by atoms with Gasteiger partial charge in [-0.15, -0.1) is 11.6 Å². The molecule has 0 amide bonds. The molecular formula is C10H20ClNS. The van der Waals surface area contributed by atoms with Crippen molar-refractivity contribution < 1.29 is 0 Å². The number of thioether (sulfide) groups is 1. The number of halogens is 1. The topological polar surface area (TPSA) is 3.24 Å². The maximum Gasteiger partial charge on any atom is 0.0261 e. The third kappa shape index (κ3) is 4.09. The molecule has 1 aliphatic heterocycles. The van der Waals surface area contributed by atoms with Crippen LogP contribution in [-0.2, 0) is 0 Å². The second-order valence-electron chi connectivity index (χ2n) is 4.60. The first-order valence-electron chi connectivity index (χ1n) is 4.96. The molecule has 1 atom stereocenters. The first-order valence-corrected chi connectivity index (χ1v) is 6.48. The quantitative estimate of drug-likeness (QED) is 0.675. The maximum absolute atomic E-state index is 5.81. The van der Waals surface area contributed by atoms with Gasteiger partial charge in [0.1, 0.15) is 0 Å². The van der Waals surface area contributed by atoms with Crippen LogP contribution in [0.4, 0.5) is 0 Å². The zero-order chi connectivity index (χ0) is 9.90. The Bertz CT molecular complexity index is 161. The molecule has 13 heavy (non-hydrogen) atoms. The van der Waals surface area contributed by atoms with E-state index < -0.39 is 0 Å². The standard InChI is InChI=1S/C10H20ClNS/c1-9(6-11)7-12-4-5-13-10(2,3)8-12/h9H,4-8H2,1-3H3. The SMILES string of the molecule is CC(CCl)CN1CCSC(C)(C)C1. The summed E-state index contributed by atoms with van der Waals surface area (Å²) in [5.41, 5.74) is 0. The molecular weight excluding hydrogens is 202 g/mol. The summed E-state index contributed by atoms with van der Waals surface area (Å²) >= 11 is 7.89. The number of nitrogens with zero attached hydrogens (tertiary/aromatic N) is 1. The predicted molar refractivity (Wildman–Crippen MR) is 62.9 cm³/mol. The molecule has 1 rings (SSSR count). The highest BCUT2D eigenvalue weighted by Crippen LogP contribution is 2.29. The molecule has 78 valence electrons. The number of hydrogen-bond donors (Lipinski definition) is 0. The molecule has 1 aliphatic rings. The Labute approximate surface area is 91.2 Å². The molecule has 0 bridgehead atoms. The number of hydrogen-bond acceptors (Lipinski definition) is 2. The van der Waals surface area contributed by atoms with Gasteiger partial charge in [-0.3, -0.25) is 0 Å². The number of alkyl halides is 1. The molecule has 1 nitrogen and oxygen atoms in total. The Morgan fingerprint density at radius 2 is 2.23 bits per heavy atom. The van der Waals surface area contributed by atoms with E-state index >= 15 is 0 Å². The van der Waals surface area contributed by atoms with Gasteiger partial charge < -0.3 is 4.90 Å². The molecule has 1 unspecified atom stereocenters. The van der Waals surface area contributed by atoms with Crippen molar-refractivity contribution in [3.05, 3.63) is 0 Å². The summed E-state index contributed by atoms with van der Waals surface area (Å²) in [5, 5.41) is 0. The van der Waals surface area contributed by atoms with Crippen LogP contribution in [0.2, 0.25) is 0 Å². The molecule has 0 aromatic rings. The van der Waals surface area contributed by atoms with Crippen LogP contribution in [0.1, 0.15) is 20.8 Å². The van der Waals surface area contributed by atoms with Gasteiger partial charge in [-0.2, -0.15) is 11.8 Å². The van der Waals surface area contributed by atoms with Crippen molar-refractivity contribution in [1.82, 2.24) is 4.90 Å². The van der Waals surface area contributed by atoms with E-state index in [0.29, 0.717) is 10.7 Å². The monoisotopic (exact) mass is 221 g/mol. The van der Waals surface area contributed by atoms with Gasteiger partial charge in [-0.05, 0) is 19.8 Å². The number of rotatable bonds is 3. The van der Waals surface area contributed by atoms with Crippen LogP contribution in [0.3, 0.4) is 0 Å². The lowest BCUT2D eigenvalue weighted by atomic mass is 10.1. The Balaban J connectivity index is 2.34. The van der Waals surface area contributed by atoms with E-state index in [1.54, 1.807) is 0 Å². The van der Waals surface area contributed by atoms with Gasteiger partial charge in [0.15, 0.2) is 0 Å². The van der Waals surface area contributed by atoms with Crippen molar-refractivity contribution in [2.24, 2.45) is 5.92 Å². The summed E-state index contributed by atoms with van der Waals surface area (Å²) in [6.07, 6.45) is 0. The van der Waals surface area contributed by atoms with Crippen LogP contribution in [0.15, 0.2) is 0 Å². The van der Waals surface area contributed by atoms with Gasteiger partial charge in [0.2, 0.25) is 0 Å². The van der Waals surface area contributed by atoms with Crippen LogP contribution in [0.25, 0.3) is 0 Å². The van der Waals surface area contributed by atoms with E-state index in [1.807, 2.05) is 0 Å². The summed E-state index contributed by atoms with van der Waals surface area (Å²) < 4.78 is 0.435. The van der Waals surface area contributed by atoms with E-state index in [1.165, 1.54) is 18.8 Å². The molecule has 0 N–H and O–H groups in total. The van der Waals surface area contributed by atoms with Crippen LogP contribution >= 0.6 is 23.4 Å². The smallest absolute Gasteiger partial charge is 0.0261 e. The second-order valence-corrected chi connectivity index (χ2v) is 6.71. The fourth-order valence-electron chi connectivity index (χ4n) is 1.76. The highest BCUT2D eigenvalue weighted by Gasteiger charge is 2.27.